The third kappa shape index (κ3) is 13.0. The van der Waals surface area contributed by atoms with E-state index in [1.807, 2.05) is 104 Å². The molecule has 0 spiro atoms. The van der Waals surface area contributed by atoms with Crippen LogP contribution in [0, 0.1) is 6.92 Å². The average Bonchev–Trinajstić information content (AvgIpc) is 3.06. The normalized spacial score (nSPS) is 9.27. The van der Waals surface area contributed by atoms with E-state index in [1.54, 1.807) is 37.2 Å². The molecule has 0 aliphatic rings. The van der Waals surface area contributed by atoms with Gasteiger partial charge in [0.1, 0.15) is 0 Å². The van der Waals surface area contributed by atoms with Gasteiger partial charge in [0.05, 0.1) is 34.2 Å². The Bertz CT molecular complexity index is 1510. The van der Waals surface area contributed by atoms with Gasteiger partial charge in [-0.2, -0.15) is 0 Å². The molecule has 0 aliphatic carbocycles. The van der Waals surface area contributed by atoms with Gasteiger partial charge < -0.3 is 5.11 Å². The Morgan fingerprint density at radius 3 is 1.27 bits per heavy atom. The van der Waals surface area contributed by atoms with Gasteiger partial charge in [0.2, 0.25) is 0 Å². The minimum absolute atomic E-state index is 0. The molecule has 0 saturated carbocycles. The number of carboxylic acids is 1. The first-order chi connectivity index (χ1) is 20.6. The fourth-order valence-corrected chi connectivity index (χ4v) is 3.75. The molecular formula is C36H38N6O2Ru. The van der Waals surface area contributed by atoms with Crippen molar-refractivity contribution < 1.29 is 29.4 Å². The fourth-order valence-electron chi connectivity index (χ4n) is 3.75. The minimum Gasteiger partial charge on any atom is -0.481 e. The van der Waals surface area contributed by atoms with Gasteiger partial charge in [0.15, 0.2) is 0 Å². The molecule has 0 aliphatic heterocycles. The maximum Gasteiger partial charge on any atom is 0.303 e. The molecule has 0 amide bonds. The van der Waals surface area contributed by atoms with Gasteiger partial charge in [-0.05, 0) is 97.3 Å². The Morgan fingerprint density at radius 2 is 0.911 bits per heavy atom. The van der Waals surface area contributed by atoms with E-state index in [0.717, 1.165) is 45.3 Å². The van der Waals surface area contributed by atoms with Gasteiger partial charge in [-0.1, -0.05) is 39.1 Å². The molecule has 45 heavy (non-hydrogen) atoms. The second kappa shape index (κ2) is 20.8. The molecule has 0 atom stereocenters. The molecule has 0 bridgehead atoms. The third-order valence-electron chi connectivity index (χ3n) is 5.81. The summed E-state index contributed by atoms with van der Waals surface area (Å²) in [7, 11) is 0. The van der Waals surface area contributed by atoms with Crippen LogP contribution in [0.5, 0.6) is 0 Å². The Morgan fingerprint density at radius 1 is 0.533 bits per heavy atom. The van der Waals surface area contributed by atoms with E-state index in [1.165, 1.54) is 0 Å². The Labute approximate surface area is 278 Å². The first kappa shape index (κ1) is 38.0. The van der Waals surface area contributed by atoms with Crippen LogP contribution in [0.25, 0.3) is 34.2 Å². The molecule has 232 valence electrons. The van der Waals surface area contributed by atoms with Crippen LogP contribution in [-0.4, -0.2) is 41.0 Å². The Balaban J connectivity index is 0.000000336. The number of carboxylic acid groups (broad SMARTS) is 1. The van der Waals surface area contributed by atoms with Gasteiger partial charge in [0, 0.05) is 63.1 Å². The van der Waals surface area contributed by atoms with Crippen molar-refractivity contribution in [2.45, 2.75) is 34.6 Å². The summed E-state index contributed by atoms with van der Waals surface area (Å²) < 4.78 is 0. The summed E-state index contributed by atoms with van der Waals surface area (Å²) in [6, 6.07) is 30.8. The first-order valence-corrected chi connectivity index (χ1v) is 13.3. The number of aryl methyl sites for hydroxylation is 2. The Hall–Kier alpha value is -5.01. The molecule has 0 fully saturated rings. The molecule has 6 rings (SSSR count). The van der Waals surface area contributed by atoms with E-state index in [-0.39, 0.29) is 40.8 Å². The van der Waals surface area contributed by atoms with Crippen LogP contribution < -0.4 is 0 Å². The number of pyridine rings is 6. The summed E-state index contributed by atoms with van der Waals surface area (Å²) in [5, 5.41) is 8.67. The summed E-state index contributed by atoms with van der Waals surface area (Å²) in [6.45, 7) is 2.00. The van der Waals surface area contributed by atoms with Gasteiger partial charge in [-0.15, -0.1) is 0 Å². The van der Waals surface area contributed by atoms with Crippen molar-refractivity contribution in [3.05, 3.63) is 145 Å². The topological polar surface area (TPSA) is 115 Å². The average molecular weight is 688 g/mol. The minimum atomic E-state index is -0.790. The molecule has 0 radical (unpaired) electrons. The number of rotatable bonds is 6. The maximum absolute atomic E-state index is 10.5. The molecular weight excluding hydrogens is 650 g/mol. The van der Waals surface area contributed by atoms with E-state index in [2.05, 4.69) is 29.9 Å². The number of hydrogen-bond donors (Lipinski definition) is 1. The van der Waals surface area contributed by atoms with Crippen LogP contribution in [0.3, 0.4) is 0 Å². The van der Waals surface area contributed by atoms with Crippen molar-refractivity contribution in [3.63, 3.8) is 0 Å². The van der Waals surface area contributed by atoms with Crippen LogP contribution in [0.15, 0.2) is 134 Å². The molecule has 8 nitrogen and oxygen atoms in total. The zero-order chi connectivity index (χ0) is 29.4. The maximum atomic E-state index is 10.5. The smallest absolute Gasteiger partial charge is 0.303 e. The van der Waals surface area contributed by atoms with Crippen molar-refractivity contribution in [1.29, 1.82) is 0 Å². The summed E-state index contributed by atoms with van der Waals surface area (Å²) in [6.07, 6.45) is 11.1. The quantitative estimate of drug-likeness (QED) is 0.175. The SMILES string of the molecule is C.C.Cc1ccnc(-c2cc(CCC(=O)O)ccn2)c1.[Ru].c1ccc(-c2ccccn2)nc1.c1ccc(-c2ccccn2)nc1. The zero-order valence-electron chi connectivity index (χ0n) is 23.5. The summed E-state index contributed by atoms with van der Waals surface area (Å²) in [5.74, 6) is -0.790. The zero-order valence-corrected chi connectivity index (χ0v) is 25.2. The van der Waals surface area contributed by atoms with Gasteiger partial charge in [0.25, 0.3) is 0 Å². The molecule has 1 N–H and O–H groups in total. The summed E-state index contributed by atoms with van der Waals surface area (Å²) in [4.78, 5) is 35.8. The van der Waals surface area contributed by atoms with E-state index in [0.29, 0.717) is 6.42 Å². The van der Waals surface area contributed by atoms with E-state index < -0.39 is 5.97 Å². The second-order valence-electron chi connectivity index (χ2n) is 9.02. The largest absolute Gasteiger partial charge is 0.481 e. The van der Waals surface area contributed by atoms with Gasteiger partial charge >= 0.3 is 5.97 Å². The number of aliphatic carboxylic acids is 1. The van der Waals surface area contributed by atoms with Crippen LogP contribution in [0.2, 0.25) is 0 Å². The standard InChI is InChI=1S/C14H14N2O2.2C10H8N2.2CH4.Ru/c1-10-4-6-15-12(8-10)13-9-11(5-7-16-13)2-3-14(17)18;2*1-3-7-11-9(5-1)10-6-2-4-8-12-10;;;/h4-9H,2-3H2,1H3,(H,17,18);2*1-8H;2*1H4;. The van der Waals surface area contributed by atoms with Gasteiger partial charge in [-0.25, -0.2) is 0 Å². The van der Waals surface area contributed by atoms with Crippen molar-refractivity contribution in [3.8, 4) is 34.2 Å². The summed E-state index contributed by atoms with van der Waals surface area (Å²) >= 11 is 0. The van der Waals surface area contributed by atoms with E-state index in [4.69, 9.17) is 5.11 Å². The predicted molar refractivity (Wildman–Crippen MR) is 177 cm³/mol. The van der Waals surface area contributed by atoms with Crippen molar-refractivity contribution in [2.75, 3.05) is 0 Å². The number of aromatic nitrogens is 6. The van der Waals surface area contributed by atoms with Crippen LogP contribution >= 0.6 is 0 Å². The second-order valence-corrected chi connectivity index (χ2v) is 9.02. The molecule has 0 aromatic carbocycles. The van der Waals surface area contributed by atoms with Crippen molar-refractivity contribution in [2.24, 2.45) is 0 Å². The van der Waals surface area contributed by atoms with Crippen LogP contribution in [-0.2, 0) is 30.7 Å². The molecule has 6 aromatic rings. The van der Waals surface area contributed by atoms with Crippen LogP contribution in [0.4, 0.5) is 0 Å². The predicted octanol–water partition coefficient (Wildman–Crippen LogP) is 8.03. The van der Waals surface area contributed by atoms with E-state index >= 15 is 0 Å². The Kier molecular flexibility index (Phi) is 17.6. The number of nitrogens with zero attached hydrogens (tertiary/aromatic N) is 6. The molecule has 9 heteroatoms. The molecule has 0 unspecified atom stereocenters. The van der Waals surface area contributed by atoms with Gasteiger partial charge in [-0.3, -0.25) is 34.7 Å². The molecule has 6 heterocycles. The number of hydrogen-bond acceptors (Lipinski definition) is 7. The monoisotopic (exact) mass is 688 g/mol. The fraction of sp³-hybridized carbons (Fsp3) is 0.139. The first-order valence-electron chi connectivity index (χ1n) is 13.3. The van der Waals surface area contributed by atoms with Crippen molar-refractivity contribution >= 4 is 5.97 Å². The molecule has 0 saturated heterocycles. The molecule has 6 aromatic heterocycles. The van der Waals surface area contributed by atoms with E-state index in [9.17, 15) is 4.79 Å². The number of carbonyl (C=O) groups is 1. The van der Waals surface area contributed by atoms with Crippen LogP contribution in [0.1, 0.15) is 32.4 Å². The summed E-state index contributed by atoms with van der Waals surface area (Å²) in [5.41, 5.74) is 7.34. The third-order valence-corrected chi connectivity index (χ3v) is 5.81. The van der Waals surface area contributed by atoms with Crippen molar-refractivity contribution in [1.82, 2.24) is 29.9 Å².